The SMILES string of the molecule is Cn1cnc2c(C(=O)Nc3ccc(F)c(Cl)c3)ccnc21. The van der Waals surface area contributed by atoms with Gasteiger partial charge in [0.1, 0.15) is 11.3 Å². The first-order valence-corrected chi connectivity index (χ1v) is 6.46. The van der Waals surface area contributed by atoms with Crippen LogP contribution in [0.3, 0.4) is 0 Å². The normalized spacial score (nSPS) is 10.8. The highest BCUT2D eigenvalue weighted by Gasteiger charge is 2.14. The summed E-state index contributed by atoms with van der Waals surface area (Å²) >= 11 is 5.69. The topological polar surface area (TPSA) is 59.8 Å². The highest BCUT2D eigenvalue weighted by atomic mass is 35.5. The molecule has 0 unspecified atom stereocenters. The lowest BCUT2D eigenvalue weighted by Crippen LogP contribution is -2.12. The van der Waals surface area contributed by atoms with Gasteiger partial charge < -0.3 is 9.88 Å². The van der Waals surface area contributed by atoms with Crippen LogP contribution in [-0.4, -0.2) is 20.4 Å². The third-order valence-corrected chi connectivity index (χ3v) is 3.31. The molecule has 1 amide bonds. The predicted molar refractivity (Wildman–Crippen MR) is 77.9 cm³/mol. The van der Waals surface area contributed by atoms with E-state index in [1.54, 1.807) is 24.0 Å². The monoisotopic (exact) mass is 304 g/mol. The van der Waals surface area contributed by atoms with Crippen LogP contribution < -0.4 is 5.32 Å². The van der Waals surface area contributed by atoms with Crippen LogP contribution >= 0.6 is 11.6 Å². The quantitative estimate of drug-likeness (QED) is 0.791. The maximum absolute atomic E-state index is 13.1. The number of carbonyl (C=O) groups is 1. The Morgan fingerprint density at radius 3 is 2.90 bits per heavy atom. The van der Waals surface area contributed by atoms with Crippen molar-refractivity contribution in [3.63, 3.8) is 0 Å². The minimum absolute atomic E-state index is 0.0505. The second-order valence-corrected chi connectivity index (χ2v) is 4.88. The number of pyridine rings is 1. The zero-order valence-corrected chi connectivity index (χ0v) is 11.7. The van der Waals surface area contributed by atoms with Crippen LogP contribution in [0.4, 0.5) is 10.1 Å². The number of hydrogen-bond donors (Lipinski definition) is 1. The smallest absolute Gasteiger partial charge is 0.258 e. The molecule has 0 aliphatic heterocycles. The number of anilines is 1. The number of aromatic nitrogens is 3. The molecule has 2 heterocycles. The summed E-state index contributed by atoms with van der Waals surface area (Å²) in [5, 5.41) is 2.61. The van der Waals surface area contributed by atoms with E-state index in [9.17, 15) is 9.18 Å². The third-order valence-electron chi connectivity index (χ3n) is 3.02. The van der Waals surface area contributed by atoms with Crippen LogP contribution in [0.5, 0.6) is 0 Å². The third kappa shape index (κ3) is 2.45. The number of nitrogens with one attached hydrogen (secondary N) is 1. The number of rotatable bonds is 2. The summed E-state index contributed by atoms with van der Waals surface area (Å²) in [5.41, 5.74) is 1.92. The summed E-state index contributed by atoms with van der Waals surface area (Å²) in [4.78, 5) is 20.6. The Labute approximate surface area is 124 Å². The maximum Gasteiger partial charge on any atom is 0.258 e. The first kappa shape index (κ1) is 13.5. The molecule has 7 heteroatoms. The van der Waals surface area contributed by atoms with Crippen LogP contribution in [-0.2, 0) is 7.05 Å². The van der Waals surface area contributed by atoms with E-state index in [1.807, 2.05) is 0 Å². The molecule has 0 aliphatic carbocycles. The van der Waals surface area contributed by atoms with Crippen LogP contribution in [0.25, 0.3) is 11.2 Å². The number of benzene rings is 1. The second-order valence-electron chi connectivity index (χ2n) is 4.47. The number of aryl methyl sites for hydroxylation is 1. The number of carbonyl (C=O) groups excluding carboxylic acids is 1. The number of amides is 1. The van der Waals surface area contributed by atoms with E-state index >= 15 is 0 Å². The Morgan fingerprint density at radius 2 is 2.14 bits per heavy atom. The van der Waals surface area contributed by atoms with E-state index in [2.05, 4.69) is 15.3 Å². The molecule has 1 N–H and O–H groups in total. The van der Waals surface area contributed by atoms with Gasteiger partial charge in [0.05, 0.1) is 16.9 Å². The average Bonchev–Trinajstić information content (AvgIpc) is 2.85. The van der Waals surface area contributed by atoms with Gasteiger partial charge in [-0.3, -0.25) is 4.79 Å². The number of halogens is 2. The van der Waals surface area contributed by atoms with Crippen molar-refractivity contribution in [2.75, 3.05) is 5.32 Å². The molecule has 0 atom stereocenters. The molecule has 0 radical (unpaired) electrons. The standard InChI is InChI=1S/C14H10ClFN4O/c1-20-7-18-12-9(4-5-17-13(12)20)14(21)19-8-2-3-11(16)10(15)6-8/h2-7H,1H3,(H,19,21). The molecule has 0 fully saturated rings. The Bertz CT molecular complexity index is 846. The molecule has 0 saturated heterocycles. The lowest BCUT2D eigenvalue weighted by molar-refractivity contribution is 0.102. The number of hydrogen-bond acceptors (Lipinski definition) is 3. The fraction of sp³-hybridized carbons (Fsp3) is 0.0714. The second kappa shape index (κ2) is 5.14. The molecule has 0 saturated carbocycles. The largest absolute Gasteiger partial charge is 0.322 e. The van der Waals surface area contributed by atoms with Crippen LogP contribution in [0.1, 0.15) is 10.4 Å². The van der Waals surface area contributed by atoms with Gasteiger partial charge in [-0.2, -0.15) is 0 Å². The van der Waals surface area contributed by atoms with Crippen molar-refractivity contribution >= 4 is 34.4 Å². The van der Waals surface area contributed by atoms with Crippen molar-refractivity contribution in [3.05, 3.63) is 53.2 Å². The maximum atomic E-state index is 13.1. The molecule has 3 rings (SSSR count). The van der Waals surface area contributed by atoms with E-state index in [-0.39, 0.29) is 10.9 Å². The zero-order valence-electron chi connectivity index (χ0n) is 11.0. The lowest BCUT2D eigenvalue weighted by atomic mass is 10.2. The summed E-state index contributed by atoms with van der Waals surface area (Å²) in [6.07, 6.45) is 3.12. The van der Waals surface area contributed by atoms with E-state index in [4.69, 9.17) is 11.6 Å². The highest BCUT2D eigenvalue weighted by molar-refractivity contribution is 6.31. The van der Waals surface area contributed by atoms with Crippen molar-refractivity contribution in [3.8, 4) is 0 Å². The summed E-state index contributed by atoms with van der Waals surface area (Å²) in [7, 11) is 1.80. The summed E-state index contributed by atoms with van der Waals surface area (Å²) in [6, 6.07) is 5.57. The first-order chi connectivity index (χ1) is 10.1. The number of imidazole rings is 1. The number of nitrogens with zero attached hydrogens (tertiary/aromatic N) is 3. The molecule has 3 aromatic rings. The average molecular weight is 305 g/mol. The lowest BCUT2D eigenvalue weighted by Gasteiger charge is -2.06. The van der Waals surface area contributed by atoms with Crippen LogP contribution in [0.2, 0.25) is 5.02 Å². The van der Waals surface area contributed by atoms with Gasteiger partial charge in [-0.1, -0.05) is 11.6 Å². The molecule has 106 valence electrons. The van der Waals surface area contributed by atoms with Crippen molar-refractivity contribution in [2.45, 2.75) is 0 Å². The Morgan fingerprint density at radius 1 is 1.33 bits per heavy atom. The first-order valence-electron chi connectivity index (χ1n) is 6.08. The van der Waals surface area contributed by atoms with Crippen LogP contribution in [0.15, 0.2) is 36.8 Å². The minimum Gasteiger partial charge on any atom is -0.322 e. The molecule has 5 nitrogen and oxygen atoms in total. The van der Waals surface area contributed by atoms with Gasteiger partial charge in [0.25, 0.3) is 5.91 Å². The van der Waals surface area contributed by atoms with Gasteiger partial charge in [-0.05, 0) is 24.3 Å². The van der Waals surface area contributed by atoms with E-state index < -0.39 is 5.82 Å². The zero-order chi connectivity index (χ0) is 15.0. The Hall–Kier alpha value is -2.47. The van der Waals surface area contributed by atoms with Crippen molar-refractivity contribution in [2.24, 2.45) is 7.05 Å². The van der Waals surface area contributed by atoms with Crippen molar-refractivity contribution in [1.29, 1.82) is 0 Å². The fourth-order valence-electron chi connectivity index (χ4n) is 1.98. The molecule has 1 aromatic carbocycles. The molecule has 0 aliphatic rings. The summed E-state index contributed by atoms with van der Waals surface area (Å²) in [6.45, 7) is 0. The highest BCUT2D eigenvalue weighted by Crippen LogP contribution is 2.21. The molecule has 0 spiro atoms. The van der Waals surface area contributed by atoms with Gasteiger partial charge in [0.15, 0.2) is 5.65 Å². The van der Waals surface area contributed by atoms with Gasteiger partial charge in [-0.25, -0.2) is 14.4 Å². The minimum atomic E-state index is -0.536. The van der Waals surface area contributed by atoms with Gasteiger partial charge >= 0.3 is 0 Å². The van der Waals surface area contributed by atoms with Gasteiger partial charge in [0.2, 0.25) is 0 Å². The summed E-state index contributed by atoms with van der Waals surface area (Å²) < 4.78 is 14.8. The van der Waals surface area contributed by atoms with Gasteiger partial charge in [-0.15, -0.1) is 0 Å². The molecular weight excluding hydrogens is 295 g/mol. The Kier molecular flexibility index (Phi) is 3.31. The van der Waals surface area contributed by atoms with Gasteiger partial charge in [0, 0.05) is 18.9 Å². The van der Waals surface area contributed by atoms with Crippen molar-refractivity contribution in [1.82, 2.24) is 14.5 Å². The molecule has 21 heavy (non-hydrogen) atoms. The Balaban J connectivity index is 1.95. The predicted octanol–water partition coefficient (Wildman–Crippen LogP) is 3.01. The van der Waals surface area contributed by atoms with E-state index in [0.717, 1.165) is 0 Å². The van der Waals surface area contributed by atoms with E-state index in [0.29, 0.717) is 22.4 Å². The molecule has 2 aromatic heterocycles. The summed E-state index contributed by atoms with van der Waals surface area (Å²) in [5.74, 6) is -0.894. The fourth-order valence-corrected chi connectivity index (χ4v) is 2.16. The molecule has 0 bridgehead atoms. The van der Waals surface area contributed by atoms with E-state index in [1.165, 1.54) is 24.4 Å². The molecular formula is C14H10ClFN4O. The number of fused-ring (bicyclic) bond motifs is 1. The van der Waals surface area contributed by atoms with Crippen LogP contribution in [0, 0.1) is 5.82 Å². The van der Waals surface area contributed by atoms with Crippen molar-refractivity contribution < 1.29 is 9.18 Å².